The van der Waals surface area contributed by atoms with Crippen molar-refractivity contribution in [3.05, 3.63) is 87.3 Å². The van der Waals surface area contributed by atoms with Gasteiger partial charge in [-0.05, 0) is 31.2 Å². The molecule has 3 aromatic rings. The van der Waals surface area contributed by atoms with Gasteiger partial charge in [-0.25, -0.2) is 13.6 Å². The van der Waals surface area contributed by atoms with E-state index in [9.17, 15) is 26.7 Å². The minimum absolute atomic E-state index is 0.0308. The maximum Gasteiger partial charge on any atom is 0.490 e. The molecule has 198 valence electrons. The van der Waals surface area contributed by atoms with Gasteiger partial charge in [0.15, 0.2) is 5.82 Å². The Kier molecular flexibility index (Phi) is 8.87. The van der Waals surface area contributed by atoms with E-state index in [0.29, 0.717) is 24.8 Å². The highest BCUT2D eigenvalue weighted by molar-refractivity contribution is 6.33. The van der Waals surface area contributed by atoms with E-state index >= 15 is 0 Å². The Labute approximate surface area is 213 Å². The maximum atomic E-state index is 14.1. The third-order valence-electron chi connectivity index (χ3n) is 5.71. The van der Waals surface area contributed by atoms with Gasteiger partial charge in [0.25, 0.3) is 5.56 Å². The number of aliphatic carboxylic acids is 1. The molecule has 1 atom stereocenters. The zero-order valence-electron chi connectivity index (χ0n) is 19.4. The Bertz CT molecular complexity index is 1300. The van der Waals surface area contributed by atoms with Crippen LogP contribution in [0.2, 0.25) is 5.02 Å². The van der Waals surface area contributed by atoms with Crippen LogP contribution in [0.3, 0.4) is 0 Å². The van der Waals surface area contributed by atoms with Gasteiger partial charge in [0.1, 0.15) is 16.5 Å². The summed E-state index contributed by atoms with van der Waals surface area (Å²) in [6, 6.07) is 13.4. The van der Waals surface area contributed by atoms with Crippen molar-refractivity contribution in [1.29, 1.82) is 0 Å². The van der Waals surface area contributed by atoms with Crippen molar-refractivity contribution in [2.75, 3.05) is 31.6 Å². The van der Waals surface area contributed by atoms with Gasteiger partial charge >= 0.3 is 12.1 Å². The van der Waals surface area contributed by atoms with Crippen LogP contribution in [0.5, 0.6) is 0 Å². The van der Waals surface area contributed by atoms with Crippen molar-refractivity contribution in [1.82, 2.24) is 14.7 Å². The van der Waals surface area contributed by atoms with Crippen LogP contribution in [-0.2, 0) is 11.2 Å². The van der Waals surface area contributed by atoms with Crippen LogP contribution in [0.4, 0.5) is 27.6 Å². The second-order valence-corrected chi connectivity index (χ2v) is 8.61. The van der Waals surface area contributed by atoms with Gasteiger partial charge in [-0.3, -0.25) is 9.69 Å². The number of carboxylic acid groups (broad SMARTS) is 1. The number of halogens is 6. The van der Waals surface area contributed by atoms with E-state index in [0.717, 1.165) is 23.7 Å². The van der Waals surface area contributed by atoms with Gasteiger partial charge < -0.3 is 10.0 Å². The molecule has 1 aliphatic heterocycles. The standard InChI is InChI=1S/C22H21ClF2N4O.C2HF3O2/c1-27-9-10-28(14-17(27)11-15-5-3-2-4-6-15)20-13-26-29(22(30)21(20)23)19-8-7-16(24)12-18(19)25;3-2(4,5)1(6)7/h2-8,12-13,17H,9-11,14H2,1H3;(H,6,7). The Morgan fingerprint density at radius 3 is 2.35 bits per heavy atom. The van der Waals surface area contributed by atoms with Crippen molar-refractivity contribution in [3.8, 4) is 5.69 Å². The Morgan fingerprint density at radius 2 is 1.76 bits per heavy atom. The Balaban J connectivity index is 0.000000479. The van der Waals surface area contributed by atoms with Gasteiger partial charge in [-0.15, -0.1) is 0 Å². The topological polar surface area (TPSA) is 78.7 Å². The van der Waals surface area contributed by atoms with Crippen LogP contribution in [0.1, 0.15) is 5.56 Å². The number of hydrogen-bond acceptors (Lipinski definition) is 5. The molecule has 1 N–H and O–H groups in total. The molecule has 4 rings (SSSR count). The number of benzene rings is 2. The maximum absolute atomic E-state index is 14.1. The van der Waals surface area contributed by atoms with E-state index in [1.807, 2.05) is 23.1 Å². The molecule has 13 heteroatoms. The van der Waals surface area contributed by atoms with Crippen molar-refractivity contribution in [2.45, 2.75) is 18.6 Å². The number of likely N-dealkylation sites (N-methyl/N-ethyl adjacent to an activating group) is 1. The number of piperazine rings is 1. The lowest BCUT2D eigenvalue weighted by molar-refractivity contribution is -0.192. The third kappa shape index (κ3) is 7.04. The van der Waals surface area contributed by atoms with Gasteiger partial charge in [0.2, 0.25) is 0 Å². The normalized spacial score (nSPS) is 16.2. The van der Waals surface area contributed by atoms with Crippen LogP contribution in [0.25, 0.3) is 5.69 Å². The number of carbonyl (C=O) groups is 1. The molecule has 1 aromatic heterocycles. The van der Waals surface area contributed by atoms with Crippen molar-refractivity contribution in [3.63, 3.8) is 0 Å². The minimum atomic E-state index is -5.08. The fourth-order valence-corrected chi connectivity index (χ4v) is 3.99. The zero-order valence-corrected chi connectivity index (χ0v) is 20.2. The van der Waals surface area contributed by atoms with Gasteiger partial charge in [-0.1, -0.05) is 41.9 Å². The van der Waals surface area contributed by atoms with Gasteiger partial charge in [-0.2, -0.15) is 23.0 Å². The molecule has 2 heterocycles. The number of alkyl halides is 3. The predicted octanol–water partition coefficient (Wildman–Crippen LogP) is 4.16. The smallest absolute Gasteiger partial charge is 0.475 e. The molecule has 0 amide bonds. The molecular weight excluding hydrogens is 523 g/mol. The monoisotopic (exact) mass is 544 g/mol. The van der Waals surface area contributed by atoms with Crippen LogP contribution >= 0.6 is 11.6 Å². The molecule has 1 aliphatic rings. The number of rotatable bonds is 4. The highest BCUT2D eigenvalue weighted by atomic mass is 35.5. The Hall–Kier alpha value is -3.51. The largest absolute Gasteiger partial charge is 0.490 e. The second-order valence-electron chi connectivity index (χ2n) is 8.23. The molecule has 37 heavy (non-hydrogen) atoms. The highest BCUT2D eigenvalue weighted by Gasteiger charge is 2.38. The first-order chi connectivity index (χ1) is 17.4. The number of anilines is 1. The lowest BCUT2D eigenvalue weighted by Crippen LogP contribution is -2.52. The summed E-state index contributed by atoms with van der Waals surface area (Å²) in [7, 11) is 2.08. The first-order valence-electron chi connectivity index (χ1n) is 10.9. The summed E-state index contributed by atoms with van der Waals surface area (Å²) in [5.74, 6) is -4.36. The number of hydrogen-bond donors (Lipinski definition) is 1. The summed E-state index contributed by atoms with van der Waals surface area (Å²) in [5, 5.41) is 11.2. The van der Waals surface area contributed by atoms with Crippen LogP contribution in [0, 0.1) is 11.6 Å². The summed E-state index contributed by atoms with van der Waals surface area (Å²) < 4.78 is 59.9. The predicted molar refractivity (Wildman–Crippen MR) is 127 cm³/mol. The minimum Gasteiger partial charge on any atom is -0.475 e. The second kappa shape index (κ2) is 11.7. The lowest BCUT2D eigenvalue weighted by atomic mass is 10.0. The molecule has 7 nitrogen and oxygen atoms in total. The summed E-state index contributed by atoms with van der Waals surface area (Å²) >= 11 is 6.38. The summed E-state index contributed by atoms with van der Waals surface area (Å²) in [4.78, 5) is 26.0. The van der Waals surface area contributed by atoms with Crippen LogP contribution < -0.4 is 10.5 Å². The van der Waals surface area contributed by atoms with Crippen molar-refractivity contribution in [2.24, 2.45) is 0 Å². The molecule has 1 unspecified atom stereocenters. The molecule has 2 aromatic carbocycles. The third-order valence-corrected chi connectivity index (χ3v) is 6.07. The number of aromatic nitrogens is 2. The molecule has 0 aliphatic carbocycles. The molecule has 0 radical (unpaired) electrons. The van der Waals surface area contributed by atoms with Gasteiger partial charge in [0.05, 0.1) is 11.9 Å². The quantitative estimate of drug-likeness (QED) is 0.497. The van der Waals surface area contributed by atoms with Crippen LogP contribution in [0.15, 0.2) is 59.5 Å². The molecule has 1 saturated heterocycles. The average Bonchev–Trinajstić information content (AvgIpc) is 2.83. The van der Waals surface area contributed by atoms with Crippen molar-refractivity contribution < 1.29 is 31.9 Å². The summed E-state index contributed by atoms with van der Waals surface area (Å²) in [5.41, 5.74) is 0.975. The molecule has 0 bridgehead atoms. The van der Waals surface area contributed by atoms with Gasteiger partial charge in [0, 0.05) is 31.7 Å². The molecule has 0 saturated carbocycles. The SMILES string of the molecule is CN1CCN(c2cnn(-c3ccc(F)cc3F)c(=O)c2Cl)CC1Cc1ccccc1.O=C(O)C(F)(F)F. The average molecular weight is 545 g/mol. The summed E-state index contributed by atoms with van der Waals surface area (Å²) in [6.07, 6.45) is -2.74. The van der Waals surface area contributed by atoms with E-state index in [1.54, 1.807) is 0 Å². The molecule has 0 spiro atoms. The van der Waals surface area contributed by atoms with E-state index in [2.05, 4.69) is 29.2 Å². The molecular formula is C24H22ClF5N4O3. The van der Waals surface area contributed by atoms with E-state index in [1.165, 1.54) is 17.8 Å². The number of carboxylic acids is 1. The van der Waals surface area contributed by atoms with Crippen molar-refractivity contribution >= 4 is 23.3 Å². The van der Waals surface area contributed by atoms with E-state index in [-0.39, 0.29) is 16.8 Å². The first-order valence-corrected chi connectivity index (χ1v) is 11.3. The van der Waals surface area contributed by atoms with E-state index < -0.39 is 29.3 Å². The van der Waals surface area contributed by atoms with E-state index in [4.69, 9.17) is 21.5 Å². The Morgan fingerprint density at radius 1 is 1.11 bits per heavy atom. The lowest BCUT2D eigenvalue weighted by Gasteiger charge is -2.40. The highest BCUT2D eigenvalue weighted by Crippen LogP contribution is 2.26. The fraction of sp³-hybridized carbons (Fsp3) is 0.292. The number of nitrogens with zero attached hydrogens (tertiary/aromatic N) is 4. The van der Waals surface area contributed by atoms with Crippen LogP contribution in [-0.4, -0.2) is 64.7 Å². The zero-order chi connectivity index (χ0) is 27.3. The first kappa shape index (κ1) is 28.1. The fourth-order valence-electron chi connectivity index (χ4n) is 3.74. The molecule has 1 fully saturated rings. The summed E-state index contributed by atoms with van der Waals surface area (Å²) in [6.45, 7) is 2.18.